The highest BCUT2D eigenvalue weighted by Gasteiger charge is 2.14. The van der Waals surface area contributed by atoms with Crippen molar-refractivity contribution in [2.24, 2.45) is 0 Å². The number of imidazole rings is 1. The van der Waals surface area contributed by atoms with Crippen molar-refractivity contribution in [1.29, 1.82) is 0 Å². The van der Waals surface area contributed by atoms with Gasteiger partial charge < -0.3 is 19.1 Å². The molecule has 0 saturated heterocycles. The molecule has 7 heteroatoms. The topological polar surface area (TPSA) is 82.2 Å². The molecule has 1 amide bonds. The number of amides is 1. The van der Waals surface area contributed by atoms with Gasteiger partial charge in [0.15, 0.2) is 11.5 Å². The number of fused-ring (bicyclic) bond motifs is 1. The summed E-state index contributed by atoms with van der Waals surface area (Å²) < 4.78 is 13.0. The van der Waals surface area contributed by atoms with Gasteiger partial charge in [-0.1, -0.05) is 11.2 Å². The van der Waals surface area contributed by atoms with Crippen molar-refractivity contribution in [3.63, 3.8) is 0 Å². The van der Waals surface area contributed by atoms with Crippen molar-refractivity contribution in [3.05, 3.63) is 65.1 Å². The molecule has 0 unspecified atom stereocenters. The largest absolute Gasteiger partial charge is 0.486 e. The van der Waals surface area contributed by atoms with Crippen molar-refractivity contribution in [3.8, 4) is 5.75 Å². The van der Waals surface area contributed by atoms with Gasteiger partial charge in [0.1, 0.15) is 18.2 Å². The molecule has 28 heavy (non-hydrogen) atoms. The van der Waals surface area contributed by atoms with Crippen molar-refractivity contribution >= 4 is 5.91 Å². The van der Waals surface area contributed by atoms with Crippen molar-refractivity contribution < 1.29 is 14.1 Å². The minimum Gasteiger partial charge on any atom is -0.486 e. The Hall–Kier alpha value is -3.09. The molecule has 0 bridgehead atoms. The lowest BCUT2D eigenvalue weighted by Gasteiger charge is -2.16. The van der Waals surface area contributed by atoms with E-state index < -0.39 is 0 Å². The standard InChI is InChI=1S/C21H24N4O3/c1-2-25-10-9-22-20(25)13-23-21(26)19-12-18(28-24-19)14-27-17-8-7-15-5-3-4-6-16(15)11-17/h7-12H,2-6,13-14H2,1H3,(H,23,26). The van der Waals surface area contributed by atoms with Gasteiger partial charge in [-0.2, -0.15) is 0 Å². The summed E-state index contributed by atoms with van der Waals surface area (Å²) in [6.45, 7) is 3.41. The Bertz CT molecular complexity index is 960. The molecule has 1 aliphatic rings. The lowest BCUT2D eigenvalue weighted by atomic mass is 9.92. The molecule has 1 aliphatic carbocycles. The smallest absolute Gasteiger partial charge is 0.273 e. The third-order valence-corrected chi connectivity index (χ3v) is 5.04. The summed E-state index contributed by atoms with van der Waals surface area (Å²) in [6.07, 6.45) is 8.35. The summed E-state index contributed by atoms with van der Waals surface area (Å²) in [5.74, 6) is 1.83. The Kier molecular flexibility index (Phi) is 5.41. The monoisotopic (exact) mass is 380 g/mol. The van der Waals surface area contributed by atoms with E-state index in [9.17, 15) is 4.79 Å². The highest BCUT2D eigenvalue weighted by atomic mass is 16.5. The second-order valence-electron chi connectivity index (χ2n) is 6.92. The first-order valence-electron chi connectivity index (χ1n) is 9.71. The normalized spacial score (nSPS) is 13.2. The number of rotatable bonds is 7. The number of hydrogen-bond donors (Lipinski definition) is 1. The third-order valence-electron chi connectivity index (χ3n) is 5.04. The number of hydrogen-bond acceptors (Lipinski definition) is 5. The molecule has 0 spiro atoms. The van der Waals surface area contributed by atoms with Crippen LogP contribution in [0.1, 0.15) is 53.0 Å². The van der Waals surface area contributed by atoms with E-state index >= 15 is 0 Å². The van der Waals surface area contributed by atoms with Crippen LogP contribution in [0, 0.1) is 0 Å². The van der Waals surface area contributed by atoms with Crippen LogP contribution in [-0.2, 0) is 32.5 Å². The maximum atomic E-state index is 12.3. The van der Waals surface area contributed by atoms with E-state index in [2.05, 4.69) is 27.6 Å². The van der Waals surface area contributed by atoms with Crippen molar-refractivity contribution in [2.75, 3.05) is 0 Å². The molecule has 146 valence electrons. The van der Waals surface area contributed by atoms with E-state index in [1.165, 1.54) is 24.0 Å². The summed E-state index contributed by atoms with van der Waals surface area (Å²) >= 11 is 0. The lowest BCUT2D eigenvalue weighted by molar-refractivity contribution is 0.0940. The highest BCUT2D eigenvalue weighted by Crippen LogP contribution is 2.25. The van der Waals surface area contributed by atoms with E-state index in [1.807, 2.05) is 23.8 Å². The van der Waals surface area contributed by atoms with Crippen molar-refractivity contribution in [1.82, 2.24) is 20.0 Å². The minimum absolute atomic E-state index is 0.235. The van der Waals surface area contributed by atoms with E-state index in [0.717, 1.165) is 31.0 Å². The van der Waals surface area contributed by atoms with Gasteiger partial charge in [0.2, 0.25) is 0 Å². The van der Waals surface area contributed by atoms with Crippen LogP contribution >= 0.6 is 0 Å². The van der Waals surface area contributed by atoms with Gasteiger partial charge in [-0.3, -0.25) is 4.79 Å². The van der Waals surface area contributed by atoms with Crippen LogP contribution in [-0.4, -0.2) is 20.6 Å². The molecule has 1 N–H and O–H groups in total. The highest BCUT2D eigenvalue weighted by molar-refractivity contribution is 5.92. The molecule has 7 nitrogen and oxygen atoms in total. The third kappa shape index (κ3) is 4.08. The van der Waals surface area contributed by atoms with E-state index in [0.29, 0.717) is 12.3 Å². The molecule has 0 radical (unpaired) electrons. The molecular formula is C21H24N4O3. The van der Waals surface area contributed by atoms with Crippen LogP contribution in [0.3, 0.4) is 0 Å². The zero-order valence-corrected chi connectivity index (χ0v) is 16.0. The van der Waals surface area contributed by atoms with Gasteiger partial charge in [-0.25, -0.2) is 4.98 Å². The zero-order chi connectivity index (χ0) is 19.3. The maximum absolute atomic E-state index is 12.3. The molecule has 3 aromatic rings. The number of carbonyl (C=O) groups is 1. The summed E-state index contributed by atoms with van der Waals surface area (Å²) in [6, 6.07) is 7.85. The Morgan fingerprint density at radius 2 is 2.11 bits per heavy atom. The molecule has 0 fully saturated rings. The Morgan fingerprint density at radius 3 is 2.96 bits per heavy atom. The van der Waals surface area contributed by atoms with Gasteiger partial charge in [0.05, 0.1) is 6.54 Å². The molecule has 0 atom stereocenters. The Labute approximate surface area is 163 Å². The van der Waals surface area contributed by atoms with Gasteiger partial charge in [0, 0.05) is 25.0 Å². The fourth-order valence-electron chi connectivity index (χ4n) is 3.49. The Morgan fingerprint density at radius 1 is 1.25 bits per heavy atom. The van der Waals surface area contributed by atoms with Crippen LogP contribution in [0.5, 0.6) is 5.75 Å². The predicted octanol–water partition coefficient (Wildman–Crippen LogP) is 3.28. The van der Waals surface area contributed by atoms with Crippen LogP contribution in [0.25, 0.3) is 0 Å². The number of aryl methyl sites for hydroxylation is 3. The van der Waals surface area contributed by atoms with E-state index in [4.69, 9.17) is 9.26 Å². The quantitative estimate of drug-likeness (QED) is 0.680. The van der Waals surface area contributed by atoms with Crippen LogP contribution < -0.4 is 10.1 Å². The van der Waals surface area contributed by atoms with Crippen LogP contribution in [0.4, 0.5) is 0 Å². The molecule has 1 aromatic carbocycles. The van der Waals surface area contributed by atoms with E-state index in [-0.39, 0.29) is 18.2 Å². The molecule has 2 heterocycles. The molecular weight excluding hydrogens is 356 g/mol. The number of benzene rings is 1. The maximum Gasteiger partial charge on any atom is 0.273 e. The number of carbonyl (C=O) groups excluding carboxylic acids is 1. The predicted molar refractivity (Wildman–Crippen MR) is 103 cm³/mol. The Balaban J connectivity index is 1.32. The number of aromatic nitrogens is 3. The number of nitrogens with zero attached hydrogens (tertiary/aromatic N) is 3. The first-order valence-corrected chi connectivity index (χ1v) is 9.71. The van der Waals surface area contributed by atoms with Crippen molar-refractivity contribution in [2.45, 2.75) is 52.3 Å². The fraction of sp³-hybridized carbons (Fsp3) is 0.381. The van der Waals surface area contributed by atoms with Gasteiger partial charge in [-0.05, 0) is 55.9 Å². The summed E-state index contributed by atoms with van der Waals surface area (Å²) in [7, 11) is 0. The lowest BCUT2D eigenvalue weighted by Crippen LogP contribution is -2.24. The van der Waals surface area contributed by atoms with Crippen LogP contribution in [0.15, 0.2) is 41.2 Å². The average Bonchev–Trinajstić information content (AvgIpc) is 3.39. The first kappa shape index (κ1) is 18.3. The minimum atomic E-state index is -0.297. The second kappa shape index (κ2) is 8.29. The summed E-state index contributed by atoms with van der Waals surface area (Å²) in [5.41, 5.74) is 3.02. The fourth-order valence-corrected chi connectivity index (χ4v) is 3.49. The van der Waals surface area contributed by atoms with Gasteiger partial charge in [-0.15, -0.1) is 0 Å². The summed E-state index contributed by atoms with van der Waals surface area (Å²) in [4.78, 5) is 16.5. The number of nitrogens with one attached hydrogen (secondary N) is 1. The van der Waals surface area contributed by atoms with E-state index in [1.54, 1.807) is 12.3 Å². The molecule has 2 aromatic heterocycles. The first-order chi connectivity index (χ1) is 13.7. The molecule has 0 saturated carbocycles. The molecule has 4 rings (SSSR count). The number of ether oxygens (including phenoxy) is 1. The average molecular weight is 380 g/mol. The van der Waals surface area contributed by atoms with Gasteiger partial charge >= 0.3 is 0 Å². The zero-order valence-electron chi connectivity index (χ0n) is 16.0. The molecule has 0 aliphatic heterocycles. The summed E-state index contributed by atoms with van der Waals surface area (Å²) in [5, 5.41) is 6.66. The van der Waals surface area contributed by atoms with Gasteiger partial charge in [0.25, 0.3) is 5.91 Å². The second-order valence-corrected chi connectivity index (χ2v) is 6.92. The van der Waals surface area contributed by atoms with Crippen LogP contribution in [0.2, 0.25) is 0 Å². The SMILES string of the molecule is CCn1ccnc1CNC(=O)c1cc(COc2ccc3c(c2)CCCC3)on1.